The summed E-state index contributed by atoms with van der Waals surface area (Å²) in [6, 6.07) is 9.26. The molecular formula is C16H22ClN3O. The summed E-state index contributed by atoms with van der Waals surface area (Å²) < 4.78 is 0. The second-order valence-corrected chi connectivity index (χ2v) is 6.04. The Balaban J connectivity index is 0.00000220. The smallest absolute Gasteiger partial charge is 0.251 e. The monoisotopic (exact) mass is 307 g/mol. The van der Waals surface area contributed by atoms with Crippen LogP contribution < -0.4 is 11.1 Å². The fourth-order valence-corrected chi connectivity index (χ4v) is 2.09. The molecule has 2 rings (SSSR count). The maximum Gasteiger partial charge on any atom is 0.251 e. The van der Waals surface area contributed by atoms with E-state index in [1.165, 1.54) is 0 Å². The van der Waals surface area contributed by atoms with Crippen molar-refractivity contribution >= 4 is 29.2 Å². The lowest BCUT2D eigenvalue weighted by Gasteiger charge is -2.30. The predicted octanol–water partition coefficient (Wildman–Crippen LogP) is 2.76. The Bertz CT molecular complexity index is 622. The van der Waals surface area contributed by atoms with Crippen LogP contribution in [0.25, 0.3) is 10.9 Å². The van der Waals surface area contributed by atoms with E-state index in [0.717, 1.165) is 10.9 Å². The minimum atomic E-state index is -0.0962. The van der Waals surface area contributed by atoms with Crippen molar-refractivity contribution in [1.82, 2.24) is 10.3 Å². The van der Waals surface area contributed by atoms with Gasteiger partial charge < -0.3 is 11.1 Å². The zero-order valence-electron chi connectivity index (χ0n) is 12.6. The van der Waals surface area contributed by atoms with Gasteiger partial charge in [0.2, 0.25) is 0 Å². The van der Waals surface area contributed by atoms with Gasteiger partial charge in [0, 0.05) is 29.7 Å². The third kappa shape index (κ3) is 4.16. The first-order chi connectivity index (χ1) is 9.41. The van der Waals surface area contributed by atoms with Crippen molar-refractivity contribution in [3.63, 3.8) is 0 Å². The number of carbonyl (C=O) groups excluding carboxylic acids is 1. The molecule has 1 atom stereocenters. The maximum atomic E-state index is 12.3. The van der Waals surface area contributed by atoms with E-state index in [2.05, 4.69) is 31.1 Å². The molecule has 3 N–H and O–H groups in total. The highest BCUT2D eigenvalue weighted by Crippen LogP contribution is 2.19. The van der Waals surface area contributed by atoms with E-state index in [1.54, 1.807) is 12.3 Å². The van der Waals surface area contributed by atoms with E-state index in [9.17, 15) is 4.79 Å². The van der Waals surface area contributed by atoms with Crippen LogP contribution in [-0.2, 0) is 0 Å². The Labute approximate surface area is 131 Å². The van der Waals surface area contributed by atoms with Crippen LogP contribution in [0.5, 0.6) is 0 Å². The quantitative estimate of drug-likeness (QED) is 0.916. The number of pyridine rings is 1. The summed E-state index contributed by atoms with van der Waals surface area (Å²) in [6.45, 7) is 6.61. The van der Waals surface area contributed by atoms with Gasteiger partial charge in [0.25, 0.3) is 5.91 Å². The molecular weight excluding hydrogens is 286 g/mol. The van der Waals surface area contributed by atoms with Crippen molar-refractivity contribution in [2.24, 2.45) is 11.1 Å². The normalized spacial score (nSPS) is 12.6. The van der Waals surface area contributed by atoms with E-state index < -0.39 is 0 Å². The van der Waals surface area contributed by atoms with Crippen molar-refractivity contribution in [3.05, 3.63) is 42.1 Å². The average molecular weight is 308 g/mol. The summed E-state index contributed by atoms with van der Waals surface area (Å²) in [4.78, 5) is 16.6. The molecule has 1 heterocycles. The van der Waals surface area contributed by atoms with Gasteiger partial charge in [-0.15, -0.1) is 12.4 Å². The lowest BCUT2D eigenvalue weighted by atomic mass is 9.86. The molecule has 0 fully saturated rings. The molecule has 21 heavy (non-hydrogen) atoms. The Morgan fingerprint density at radius 1 is 1.33 bits per heavy atom. The third-order valence-electron chi connectivity index (χ3n) is 3.45. The second-order valence-electron chi connectivity index (χ2n) is 6.04. The summed E-state index contributed by atoms with van der Waals surface area (Å²) in [5.41, 5.74) is 7.20. The van der Waals surface area contributed by atoms with Gasteiger partial charge in [-0.2, -0.15) is 0 Å². The van der Waals surface area contributed by atoms with Gasteiger partial charge in [-0.1, -0.05) is 26.8 Å². The number of hydrogen-bond acceptors (Lipinski definition) is 3. The molecule has 1 aromatic carbocycles. The van der Waals surface area contributed by atoms with Crippen LogP contribution >= 0.6 is 12.4 Å². The number of rotatable bonds is 3. The van der Waals surface area contributed by atoms with Gasteiger partial charge in [-0.05, 0) is 29.7 Å². The minimum Gasteiger partial charge on any atom is -0.348 e. The Morgan fingerprint density at radius 3 is 2.67 bits per heavy atom. The number of nitrogens with two attached hydrogens (primary N) is 1. The van der Waals surface area contributed by atoms with E-state index in [1.807, 2.05) is 24.3 Å². The fraction of sp³-hybridized carbons (Fsp3) is 0.375. The highest BCUT2D eigenvalue weighted by Gasteiger charge is 2.25. The third-order valence-corrected chi connectivity index (χ3v) is 3.45. The molecule has 0 aliphatic heterocycles. The van der Waals surface area contributed by atoms with E-state index in [0.29, 0.717) is 12.1 Å². The zero-order valence-corrected chi connectivity index (χ0v) is 13.4. The highest BCUT2D eigenvalue weighted by molar-refractivity contribution is 5.98. The molecule has 0 spiro atoms. The first-order valence-corrected chi connectivity index (χ1v) is 6.77. The van der Waals surface area contributed by atoms with Crippen LogP contribution in [0.1, 0.15) is 31.1 Å². The first kappa shape index (κ1) is 17.4. The number of aromatic nitrogens is 1. The van der Waals surface area contributed by atoms with Gasteiger partial charge in [0.1, 0.15) is 0 Å². The van der Waals surface area contributed by atoms with Crippen molar-refractivity contribution in [3.8, 4) is 0 Å². The summed E-state index contributed by atoms with van der Waals surface area (Å²) in [7, 11) is 0. The van der Waals surface area contributed by atoms with Gasteiger partial charge in [-0.3, -0.25) is 9.78 Å². The largest absolute Gasteiger partial charge is 0.348 e. The van der Waals surface area contributed by atoms with Crippen molar-refractivity contribution in [1.29, 1.82) is 0 Å². The Morgan fingerprint density at radius 2 is 2.05 bits per heavy atom. The number of halogens is 1. The molecule has 1 aromatic heterocycles. The molecule has 0 radical (unpaired) electrons. The Hall–Kier alpha value is -1.65. The maximum absolute atomic E-state index is 12.3. The number of carbonyl (C=O) groups is 1. The number of fused-ring (bicyclic) bond motifs is 1. The Kier molecular flexibility index (Phi) is 5.70. The lowest BCUT2D eigenvalue weighted by Crippen LogP contribution is -2.48. The first-order valence-electron chi connectivity index (χ1n) is 6.77. The van der Waals surface area contributed by atoms with E-state index in [4.69, 9.17) is 5.73 Å². The SMILES string of the molecule is CC(C)(C)C(CN)NC(=O)c1ccc2ncccc2c1.Cl. The summed E-state index contributed by atoms with van der Waals surface area (Å²) in [5, 5.41) is 3.96. The molecule has 2 aromatic rings. The highest BCUT2D eigenvalue weighted by atomic mass is 35.5. The van der Waals surface area contributed by atoms with Crippen molar-refractivity contribution < 1.29 is 4.79 Å². The van der Waals surface area contributed by atoms with Crippen molar-refractivity contribution in [2.45, 2.75) is 26.8 Å². The van der Waals surface area contributed by atoms with Gasteiger partial charge in [0.05, 0.1) is 5.52 Å². The second kappa shape index (κ2) is 6.87. The number of nitrogens with one attached hydrogen (secondary N) is 1. The number of nitrogens with zero attached hydrogens (tertiary/aromatic N) is 1. The lowest BCUT2D eigenvalue weighted by molar-refractivity contribution is 0.0905. The summed E-state index contributed by atoms with van der Waals surface area (Å²) in [6.07, 6.45) is 1.74. The number of benzene rings is 1. The van der Waals surface area contributed by atoms with Crippen LogP contribution in [0.15, 0.2) is 36.5 Å². The van der Waals surface area contributed by atoms with Crippen LogP contribution in [0.3, 0.4) is 0 Å². The molecule has 0 saturated heterocycles. The van der Waals surface area contributed by atoms with Crippen LogP contribution in [0.4, 0.5) is 0 Å². The minimum absolute atomic E-state index is 0. The fourth-order valence-electron chi connectivity index (χ4n) is 2.09. The van der Waals surface area contributed by atoms with E-state index in [-0.39, 0.29) is 29.8 Å². The number of amides is 1. The molecule has 0 saturated carbocycles. The molecule has 0 bridgehead atoms. The van der Waals surface area contributed by atoms with Crippen molar-refractivity contribution in [2.75, 3.05) is 6.54 Å². The van der Waals surface area contributed by atoms with Gasteiger partial charge >= 0.3 is 0 Å². The molecule has 0 aliphatic carbocycles. The zero-order chi connectivity index (χ0) is 14.8. The topological polar surface area (TPSA) is 68.0 Å². The predicted molar refractivity (Wildman–Crippen MR) is 88.8 cm³/mol. The molecule has 5 heteroatoms. The summed E-state index contributed by atoms with van der Waals surface area (Å²) >= 11 is 0. The van der Waals surface area contributed by atoms with Crippen LogP contribution in [0.2, 0.25) is 0 Å². The van der Waals surface area contributed by atoms with E-state index >= 15 is 0 Å². The molecule has 114 valence electrons. The molecule has 1 unspecified atom stereocenters. The molecule has 1 amide bonds. The standard InChI is InChI=1S/C16H21N3O.ClH/c1-16(2,3)14(10-17)19-15(20)12-6-7-13-11(9-12)5-4-8-18-13;/h4-9,14H,10,17H2,1-3H3,(H,19,20);1H. The van der Waals surface area contributed by atoms with Gasteiger partial charge in [0.15, 0.2) is 0 Å². The van der Waals surface area contributed by atoms with Gasteiger partial charge in [-0.25, -0.2) is 0 Å². The number of hydrogen-bond donors (Lipinski definition) is 2. The summed E-state index contributed by atoms with van der Waals surface area (Å²) in [5.74, 6) is -0.0962. The van der Waals surface area contributed by atoms with Crippen LogP contribution in [-0.4, -0.2) is 23.5 Å². The molecule has 0 aliphatic rings. The molecule has 4 nitrogen and oxygen atoms in total. The van der Waals surface area contributed by atoms with Crippen LogP contribution in [0, 0.1) is 5.41 Å². The average Bonchev–Trinajstić information content (AvgIpc) is 2.42.